The summed E-state index contributed by atoms with van der Waals surface area (Å²) in [7, 11) is 0. The minimum Gasteiger partial charge on any atom is -0.452 e. The Labute approximate surface area is 150 Å². The van der Waals surface area contributed by atoms with Crippen LogP contribution in [0.15, 0.2) is 29.6 Å². The number of aryl methyl sites for hydroxylation is 1. The first-order chi connectivity index (χ1) is 12.1. The highest BCUT2D eigenvalue weighted by atomic mass is 32.1. The quantitative estimate of drug-likeness (QED) is 0.804. The van der Waals surface area contributed by atoms with Crippen molar-refractivity contribution in [1.82, 2.24) is 5.32 Å². The number of esters is 1. The molecule has 1 N–H and O–H groups in total. The van der Waals surface area contributed by atoms with Crippen LogP contribution in [-0.4, -0.2) is 25.0 Å². The topological polar surface area (TPSA) is 55.4 Å². The number of fused-ring (bicyclic) bond motifs is 1. The third-order valence-corrected chi connectivity index (χ3v) is 5.35. The number of carbonyl (C=O) groups is 2. The van der Waals surface area contributed by atoms with Gasteiger partial charge in [-0.2, -0.15) is 0 Å². The van der Waals surface area contributed by atoms with Gasteiger partial charge in [0.25, 0.3) is 5.91 Å². The maximum Gasteiger partial charge on any atom is 0.339 e. The molecule has 4 nitrogen and oxygen atoms in total. The van der Waals surface area contributed by atoms with E-state index in [-0.39, 0.29) is 18.3 Å². The molecule has 1 aromatic heterocycles. The van der Waals surface area contributed by atoms with Gasteiger partial charge in [-0.05, 0) is 55.4 Å². The number of nitrogens with one attached hydrogen (secondary N) is 1. The van der Waals surface area contributed by atoms with Gasteiger partial charge in [0, 0.05) is 16.8 Å². The molecular formula is C19H20FNO3S. The van der Waals surface area contributed by atoms with Gasteiger partial charge in [0.1, 0.15) is 5.82 Å². The Bertz CT molecular complexity index is 755. The number of amides is 1. The fourth-order valence-electron chi connectivity index (χ4n) is 2.92. The van der Waals surface area contributed by atoms with Crippen LogP contribution in [0.25, 0.3) is 0 Å². The predicted molar refractivity (Wildman–Crippen MR) is 94.4 cm³/mol. The van der Waals surface area contributed by atoms with E-state index in [4.69, 9.17) is 4.74 Å². The lowest BCUT2D eigenvalue weighted by atomic mass is 9.96. The van der Waals surface area contributed by atoms with E-state index >= 15 is 0 Å². The molecule has 0 bridgehead atoms. The van der Waals surface area contributed by atoms with Crippen molar-refractivity contribution in [3.63, 3.8) is 0 Å². The van der Waals surface area contributed by atoms with E-state index in [2.05, 4.69) is 5.32 Å². The summed E-state index contributed by atoms with van der Waals surface area (Å²) in [5.74, 6) is -1.04. The van der Waals surface area contributed by atoms with Gasteiger partial charge < -0.3 is 10.1 Å². The maximum absolute atomic E-state index is 12.8. The average Bonchev–Trinajstić information content (AvgIpc) is 3.05. The number of thiophene rings is 1. The van der Waals surface area contributed by atoms with E-state index in [0.717, 1.165) is 30.4 Å². The second-order valence-electron chi connectivity index (χ2n) is 6.06. The Hall–Kier alpha value is -2.21. The number of benzene rings is 1. The van der Waals surface area contributed by atoms with Gasteiger partial charge in [0.2, 0.25) is 0 Å². The minimum atomic E-state index is -0.423. The number of hydrogen-bond acceptors (Lipinski definition) is 4. The molecule has 0 saturated heterocycles. The van der Waals surface area contributed by atoms with Gasteiger partial charge in [-0.1, -0.05) is 12.1 Å². The molecule has 0 radical (unpaired) electrons. The number of ether oxygens (including phenoxy) is 1. The second-order valence-corrected chi connectivity index (χ2v) is 7.02. The molecule has 0 atom stereocenters. The zero-order valence-corrected chi connectivity index (χ0v) is 14.7. The van der Waals surface area contributed by atoms with Crippen LogP contribution in [0.5, 0.6) is 0 Å². The molecule has 0 fully saturated rings. The van der Waals surface area contributed by atoms with Gasteiger partial charge in [0.15, 0.2) is 6.61 Å². The van der Waals surface area contributed by atoms with Crippen molar-refractivity contribution in [2.45, 2.75) is 32.1 Å². The zero-order valence-electron chi connectivity index (χ0n) is 13.8. The maximum atomic E-state index is 12.8. The fourth-order valence-corrected chi connectivity index (χ4v) is 4.04. The minimum absolute atomic E-state index is 0.282. The monoisotopic (exact) mass is 361 g/mol. The third-order valence-electron chi connectivity index (χ3n) is 4.26. The highest BCUT2D eigenvalue weighted by Crippen LogP contribution is 2.30. The molecule has 0 saturated carbocycles. The van der Waals surface area contributed by atoms with Crippen molar-refractivity contribution in [2.75, 3.05) is 13.2 Å². The van der Waals surface area contributed by atoms with Crippen LogP contribution in [-0.2, 0) is 28.8 Å². The van der Waals surface area contributed by atoms with Crippen LogP contribution < -0.4 is 5.32 Å². The number of carbonyl (C=O) groups excluding carboxylic acids is 2. The van der Waals surface area contributed by atoms with E-state index in [1.807, 2.05) is 5.38 Å². The first-order valence-corrected chi connectivity index (χ1v) is 9.29. The van der Waals surface area contributed by atoms with Crippen molar-refractivity contribution in [3.05, 3.63) is 57.0 Å². The summed E-state index contributed by atoms with van der Waals surface area (Å²) in [6.45, 7) is 0.128. The summed E-state index contributed by atoms with van der Waals surface area (Å²) >= 11 is 1.60. The molecule has 0 unspecified atom stereocenters. The standard InChI is InChI=1S/C19H20FNO3S/c20-14-7-5-13(6-8-14)9-10-21-18(22)11-24-19(23)16-12-25-17-4-2-1-3-15(16)17/h5-8,12H,1-4,9-11H2,(H,21,22). The first kappa shape index (κ1) is 17.6. The highest BCUT2D eigenvalue weighted by molar-refractivity contribution is 7.10. The molecule has 1 aromatic carbocycles. The summed E-state index contributed by atoms with van der Waals surface area (Å²) in [5, 5.41) is 4.54. The Balaban J connectivity index is 1.42. The van der Waals surface area contributed by atoms with Gasteiger partial charge in [-0.25, -0.2) is 9.18 Å². The van der Waals surface area contributed by atoms with Gasteiger partial charge in [0.05, 0.1) is 5.56 Å². The lowest BCUT2D eigenvalue weighted by molar-refractivity contribution is -0.124. The molecular weight excluding hydrogens is 341 g/mol. The molecule has 1 aliphatic carbocycles. The molecule has 132 valence electrons. The van der Waals surface area contributed by atoms with Crippen molar-refractivity contribution >= 4 is 23.2 Å². The molecule has 3 rings (SSSR count). The van der Waals surface area contributed by atoms with Crippen LogP contribution in [0.1, 0.15) is 39.2 Å². The Kier molecular flexibility index (Phi) is 5.81. The molecule has 0 aliphatic heterocycles. The summed E-state index contributed by atoms with van der Waals surface area (Å²) < 4.78 is 18.0. The van der Waals surface area contributed by atoms with E-state index in [9.17, 15) is 14.0 Å². The summed E-state index contributed by atoms with van der Waals surface area (Å²) in [5.41, 5.74) is 2.64. The average molecular weight is 361 g/mol. The smallest absolute Gasteiger partial charge is 0.339 e. The van der Waals surface area contributed by atoms with Crippen molar-refractivity contribution in [1.29, 1.82) is 0 Å². The second kappa shape index (κ2) is 8.25. The van der Waals surface area contributed by atoms with E-state index in [1.165, 1.54) is 23.4 Å². The van der Waals surface area contributed by atoms with E-state index < -0.39 is 5.97 Å². The number of hydrogen-bond donors (Lipinski definition) is 1. The normalized spacial score (nSPS) is 13.2. The van der Waals surface area contributed by atoms with E-state index in [1.54, 1.807) is 23.5 Å². The molecule has 0 spiro atoms. The van der Waals surface area contributed by atoms with Crippen molar-refractivity contribution < 1.29 is 18.7 Å². The van der Waals surface area contributed by atoms with Gasteiger partial charge >= 0.3 is 5.97 Å². The summed E-state index contributed by atoms with van der Waals surface area (Å²) in [6.07, 6.45) is 4.79. The largest absolute Gasteiger partial charge is 0.452 e. The van der Waals surface area contributed by atoms with Crippen LogP contribution in [0, 0.1) is 5.82 Å². The lowest BCUT2D eigenvalue weighted by Gasteiger charge is -2.12. The lowest BCUT2D eigenvalue weighted by Crippen LogP contribution is -2.30. The van der Waals surface area contributed by atoms with Gasteiger partial charge in [-0.3, -0.25) is 4.79 Å². The highest BCUT2D eigenvalue weighted by Gasteiger charge is 2.21. The van der Waals surface area contributed by atoms with Crippen LogP contribution in [0.3, 0.4) is 0 Å². The zero-order chi connectivity index (χ0) is 17.6. The Morgan fingerprint density at radius 1 is 1.16 bits per heavy atom. The molecule has 1 aliphatic rings. The summed E-state index contributed by atoms with van der Waals surface area (Å²) in [4.78, 5) is 25.2. The van der Waals surface area contributed by atoms with Crippen LogP contribution >= 0.6 is 11.3 Å². The summed E-state index contributed by atoms with van der Waals surface area (Å²) in [6, 6.07) is 6.14. The third kappa shape index (κ3) is 4.66. The van der Waals surface area contributed by atoms with Crippen molar-refractivity contribution in [3.8, 4) is 0 Å². The van der Waals surface area contributed by atoms with E-state index in [0.29, 0.717) is 18.5 Å². The van der Waals surface area contributed by atoms with Gasteiger partial charge in [-0.15, -0.1) is 11.3 Å². The van der Waals surface area contributed by atoms with Crippen LogP contribution in [0.2, 0.25) is 0 Å². The molecule has 6 heteroatoms. The van der Waals surface area contributed by atoms with Crippen molar-refractivity contribution in [2.24, 2.45) is 0 Å². The SMILES string of the molecule is O=C(COC(=O)c1csc2c1CCCC2)NCCc1ccc(F)cc1. The number of halogens is 1. The first-order valence-electron chi connectivity index (χ1n) is 8.41. The molecule has 2 aromatic rings. The molecule has 1 heterocycles. The van der Waals surface area contributed by atoms with Crippen LogP contribution in [0.4, 0.5) is 4.39 Å². The molecule has 25 heavy (non-hydrogen) atoms. The predicted octanol–water partition coefficient (Wildman–Crippen LogP) is 3.28. The fraction of sp³-hybridized carbons (Fsp3) is 0.368. The number of rotatable bonds is 6. The Morgan fingerprint density at radius 2 is 1.92 bits per heavy atom. The Morgan fingerprint density at radius 3 is 2.72 bits per heavy atom. The molecule has 1 amide bonds.